The van der Waals surface area contributed by atoms with E-state index in [1.165, 1.54) is 6.07 Å². The number of nitrogens with zero attached hydrogens (tertiary/aromatic N) is 1. The minimum atomic E-state index is -1.08. The number of carboxylic acids is 1. The van der Waals surface area contributed by atoms with Gasteiger partial charge in [0, 0.05) is 6.20 Å². The molecule has 2 rings (SSSR count). The van der Waals surface area contributed by atoms with Crippen molar-refractivity contribution in [1.82, 2.24) is 10.2 Å². The third-order valence-electron chi connectivity index (χ3n) is 1.58. The molecule has 0 saturated heterocycles. The van der Waals surface area contributed by atoms with Crippen LogP contribution >= 0.6 is 0 Å². The lowest BCUT2D eigenvalue weighted by molar-refractivity contribution is 0.0663. The van der Waals surface area contributed by atoms with Crippen molar-refractivity contribution in [3.05, 3.63) is 30.2 Å². The highest BCUT2D eigenvalue weighted by Crippen LogP contribution is 2.19. The summed E-state index contributed by atoms with van der Waals surface area (Å²) in [6.07, 6.45) is 1.57. The maximum absolute atomic E-state index is 10.5. The average Bonchev–Trinajstić information content (AvgIpc) is 2.75. The van der Waals surface area contributed by atoms with Crippen molar-refractivity contribution in [2.45, 2.75) is 0 Å². The van der Waals surface area contributed by atoms with Gasteiger partial charge in [0.15, 0.2) is 5.76 Å². The summed E-state index contributed by atoms with van der Waals surface area (Å²) in [5, 5.41) is 15.0. The van der Waals surface area contributed by atoms with Crippen molar-refractivity contribution in [3.63, 3.8) is 0 Å². The van der Waals surface area contributed by atoms with Crippen LogP contribution in [0.1, 0.15) is 10.6 Å². The van der Waals surface area contributed by atoms with Crippen molar-refractivity contribution >= 4 is 5.97 Å². The van der Waals surface area contributed by atoms with Gasteiger partial charge in [0.2, 0.25) is 5.76 Å². The zero-order valence-corrected chi connectivity index (χ0v) is 6.52. The van der Waals surface area contributed by atoms with Crippen molar-refractivity contribution < 1.29 is 14.3 Å². The molecule has 0 aromatic carbocycles. The lowest BCUT2D eigenvalue weighted by Gasteiger charge is -1.88. The van der Waals surface area contributed by atoms with Gasteiger partial charge in [0.25, 0.3) is 0 Å². The highest BCUT2D eigenvalue weighted by molar-refractivity contribution is 5.85. The van der Waals surface area contributed by atoms with E-state index < -0.39 is 5.97 Å². The van der Waals surface area contributed by atoms with E-state index in [9.17, 15) is 4.79 Å². The number of carbonyl (C=O) groups is 1. The monoisotopic (exact) mass is 178 g/mol. The average molecular weight is 178 g/mol. The van der Waals surface area contributed by atoms with E-state index >= 15 is 0 Å². The normalized spacial score (nSPS) is 10.2. The second kappa shape index (κ2) is 2.78. The molecule has 2 heterocycles. The van der Waals surface area contributed by atoms with Crippen LogP contribution in [0.3, 0.4) is 0 Å². The van der Waals surface area contributed by atoms with Gasteiger partial charge in [-0.2, -0.15) is 5.10 Å². The van der Waals surface area contributed by atoms with E-state index in [-0.39, 0.29) is 5.76 Å². The van der Waals surface area contributed by atoms with Crippen LogP contribution in [-0.2, 0) is 0 Å². The van der Waals surface area contributed by atoms with Gasteiger partial charge in [-0.15, -0.1) is 0 Å². The van der Waals surface area contributed by atoms with Gasteiger partial charge in [-0.3, -0.25) is 5.10 Å². The number of nitrogens with one attached hydrogen (secondary N) is 1. The number of rotatable bonds is 2. The van der Waals surface area contributed by atoms with Crippen LogP contribution in [0.25, 0.3) is 11.5 Å². The second-order valence-electron chi connectivity index (χ2n) is 2.44. The van der Waals surface area contributed by atoms with Crippen LogP contribution in [0, 0.1) is 0 Å². The Bertz CT molecular complexity index is 416. The Kier molecular flexibility index (Phi) is 1.63. The number of aromatic amines is 1. The highest BCUT2D eigenvalue weighted by Gasteiger charge is 2.10. The van der Waals surface area contributed by atoms with Crippen LogP contribution in [0.4, 0.5) is 0 Å². The van der Waals surface area contributed by atoms with Gasteiger partial charge in [-0.05, 0) is 18.2 Å². The summed E-state index contributed by atoms with van der Waals surface area (Å²) in [7, 11) is 0. The van der Waals surface area contributed by atoms with Crippen molar-refractivity contribution in [3.8, 4) is 11.5 Å². The molecule has 0 amide bonds. The van der Waals surface area contributed by atoms with Crippen molar-refractivity contribution in [2.24, 2.45) is 0 Å². The molecule has 2 aromatic heterocycles. The summed E-state index contributed by atoms with van der Waals surface area (Å²) in [5.41, 5.74) is 0.660. The van der Waals surface area contributed by atoms with Crippen LogP contribution < -0.4 is 0 Å². The number of aromatic nitrogens is 2. The minimum absolute atomic E-state index is 0.0791. The van der Waals surface area contributed by atoms with Gasteiger partial charge in [-0.1, -0.05) is 0 Å². The molecule has 13 heavy (non-hydrogen) atoms. The number of hydrogen-bond acceptors (Lipinski definition) is 3. The molecule has 0 saturated carbocycles. The first-order valence-corrected chi connectivity index (χ1v) is 3.60. The molecule has 2 aromatic rings. The minimum Gasteiger partial charge on any atom is -0.475 e. The van der Waals surface area contributed by atoms with Gasteiger partial charge in [0.05, 0.1) is 0 Å². The zero-order chi connectivity index (χ0) is 9.26. The number of furan rings is 1. The fraction of sp³-hybridized carbons (Fsp3) is 0. The molecule has 0 atom stereocenters. The third-order valence-corrected chi connectivity index (χ3v) is 1.58. The van der Waals surface area contributed by atoms with E-state index in [2.05, 4.69) is 10.2 Å². The first-order valence-electron chi connectivity index (χ1n) is 3.60. The summed E-state index contributed by atoms with van der Waals surface area (Å²) >= 11 is 0. The van der Waals surface area contributed by atoms with Crippen LogP contribution in [0.2, 0.25) is 0 Å². The topological polar surface area (TPSA) is 79.1 Å². The Morgan fingerprint density at radius 1 is 1.46 bits per heavy atom. The Labute approximate surface area is 73.0 Å². The van der Waals surface area contributed by atoms with Gasteiger partial charge < -0.3 is 9.52 Å². The van der Waals surface area contributed by atoms with E-state index in [4.69, 9.17) is 9.52 Å². The lowest BCUT2D eigenvalue weighted by Crippen LogP contribution is -1.91. The molecule has 0 unspecified atom stereocenters. The SMILES string of the molecule is O=C(O)c1ccc(-c2ccn[nH]2)o1. The van der Waals surface area contributed by atoms with Gasteiger partial charge in [-0.25, -0.2) is 4.79 Å². The predicted molar refractivity (Wildman–Crippen MR) is 43.2 cm³/mol. The molecule has 0 radical (unpaired) electrons. The number of aromatic carboxylic acids is 1. The van der Waals surface area contributed by atoms with Crippen LogP contribution in [0.15, 0.2) is 28.8 Å². The summed E-state index contributed by atoms with van der Waals surface area (Å²) < 4.78 is 5.02. The maximum atomic E-state index is 10.5. The molecule has 5 heteroatoms. The first kappa shape index (κ1) is 7.60. The highest BCUT2D eigenvalue weighted by atomic mass is 16.4. The molecule has 0 aliphatic rings. The van der Waals surface area contributed by atoms with Gasteiger partial charge >= 0.3 is 5.97 Å². The number of hydrogen-bond donors (Lipinski definition) is 2. The molecule has 66 valence electrons. The summed E-state index contributed by atoms with van der Waals surface area (Å²) in [4.78, 5) is 10.5. The van der Waals surface area contributed by atoms with E-state index in [1.807, 2.05) is 0 Å². The summed E-state index contributed by atoms with van der Waals surface area (Å²) in [5.74, 6) is -0.690. The molecular formula is C8H6N2O3. The standard InChI is InChI=1S/C8H6N2O3/c11-8(12)7-2-1-6(13-7)5-3-4-9-10-5/h1-4H,(H,9,10)(H,11,12). The molecule has 5 nitrogen and oxygen atoms in total. The van der Waals surface area contributed by atoms with Crippen molar-refractivity contribution in [2.75, 3.05) is 0 Å². The van der Waals surface area contributed by atoms with Crippen molar-refractivity contribution in [1.29, 1.82) is 0 Å². The number of H-pyrrole nitrogens is 1. The molecule has 0 spiro atoms. The third kappa shape index (κ3) is 1.31. The fourth-order valence-electron chi connectivity index (χ4n) is 0.991. The Balaban J connectivity index is 2.39. The lowest BCUT2D eigenvalue weighted by atomic mass is 10.3. The quantitative estimate of drug-likeness (QED) is 0.727. The molecule has 0 aliphatic heterocycles. The zero-order valence-electron chi connectivity index (χ0n) is 6.52. The Hall–Kier alpha value is -2.04. The molecule has 0 fully saturated rings. The molecule has 0 aliphatic carbocycles. The predicted octanol–water partition coefficient (Wildman–Crippen LogP) is 1.37. The molecule has 0 bridgehead atoms. The first-order chi connectivity index (χ1) is 6.27. The van der Waals surface area contributed by atoms with E-state index in [0.717, 1.165) is 0 Å². The van der Waals surface area contributed by atoms with Crippen LogP contribution in [-0.4, -0.2) is 21.3 Å². The van der Waals surface area contributed by atoms with Crippen LogP contribution in [0.5, 0.6) is 0 Å². The molecular weight excluding hydrogens is 172 g/mol. The maximum Gasteiger partial charge on any atom is 0.371 e. The second-order valence-corrected chi connectivity index (χ2v) is 2.44. The fourth-order valence-corrected chi connectivity index (χ4v) is 0.991. The Morgan fingerprint density at radius 3 is 2.85 bits per heavy atom. The Morgan fingerprint density at radius 2 is 2.31 bits per heavy atom. The summed E-state index contributed by atoms with van der Waals surface area (Å²) in [6.45, 7) is 0. The summed E-state index contributed by atoms with van der Waals surface area (Å²) in [6, 6.07) is 4.68. The van der Waals surface area contributed by atoms with E-state index in [1.54, 1.807) is 18.3 Å². The van der Waals surface area contributed by atoms with Gasteiger partial charge in [0.1, 0.15) is 5.69 Å². The molecule has 2 N–H and O–H groups in total. The van der Waals surface area contributed by atoms with E-state index in [0.29, 0.717) is 11.5 Å². The number of carboxylic acid groups (broad SMARTS) is 1. The largest absolute Gasteiger partial charge is 0.475 e. The smallest absolute Gasteiger partial charge is 0.371 e.